The van der Waals surface area contributed by atoms with E-state index in [1.807, 2.05) is 30.3 Å². The lowest BCUT2D eigenvalue weighted by atomic mass is 10.2. The quantitative estimate of drug-likeness (QED) is 0.673. The van der Waals surface area contributed by atoms with E-state index in [4.69, 9.17) is 11.6 Å². The van der Waals surface area contributed by atoms with Gasteiger partial charge in [-0.25, -0.2) is 0 Å². The van der Waals surface area contributed by atoms with Crippen molar-refractivity contribution in [2.24, 2.45) is 0 Å². The molecule has 1 aromatic carbocycles. The molecule has 0 saturated carbocycles. The first-order chi connectivity index (χ1) is 6.24. The van der Waals surface area contributed by atoms with Gasteiger partial charge in [0, 0.05) is 0 Å². The van der Waals surface area contributed by atoms with Crippen molar-refractivity contribution >= 4 is 23.5 Å². The van der Waals surface area contributed by atoms with Crippen LogP contribution in [-0.4, -0.2) is 5.78 Å². The molecule has 0 aliphatic carbocycles. The van der Waals surface area contributed by atoms with E-state index in [-0.39, 0.29) is 10.8 Å². The molecule has 0 fully saturated rings. The van der Waals surface area contributed by atoms with Gasteiger partial charge in [0.1, 0.15) is 0 Å². The van der Waals surface area contributed by atoms with Gasteiger partial charge in [-0.1, -0.05) is 48.5 Å². The van der Waals surface area contributed by atoms with Crippen LogP contribution in [0.1, 0.15) is 5.56 Å². The van der Waals surface area contributed by atoms with E-state index in [9.17, 15) is 4.79 Å². The van der Waals surface area contributed by atoms with E-state index in [2.05, 4.69) is 6.58 Å². The lowest BCUT2D eigenvalue weighted by molar-refractivity contribution is -0.110. The molecule has 0 atom stereocenters. The minimum Gasteiger partial charge on any atom is -0.288 e. The van der Waals surface area contributed by atoms with Crippen LogP contribution in [-0.2, 0) is 4.79 Å². The predicted octanol–water partition coefficient (Wildman–Crippen LogP) is 3.02. The average molecular weight is 193 g/mol. The Morgan fingerprint density at radius 1 is 1.31 bits per heavy atom. The van der Waals surface area contributed by atoms with Crippen molar-refractivity contribution < 1.29 is 4.79 Å². The van der Waals surface area contributed by atoms with Crippen molar-refractivity contribution in [2.75, 3.05) is 0 Å². The SMILES string of the molecule is C=CC(=O)C(Cl)=Cc1ccccc1. The number of rotatable bonds is 3. The maximum atomic E-state index is 11.0. The summed E-state index contributed by atoms with van der Waals surface area (Å²) < 4.78 is 0. The highest BCUT2D eigenvalue weighted by atomic mass is 35.5. The van der Waals surface area contributed by atoms with E-state index < -0.39 is 0 Å². The molecule has 0 aliphatic rings. The smallest absolute Gasteiger partial charge is 0.196 e. The van der Waals surface area contributed by atoms with Crippen LogP contribution >= 0.6 is 11.6 Å². The van der Waals surface area contributed by atoms with E-state index in [1.165, 1.54) is 6.08 Å². The third kappa shape index (κ3) is 2.88. The number of ketones is 1. The van der Waals surface area contributed by atoms with Crippen molar-refractivity contribution in [2.45, 2.75) is 0 Å². The summed E-state index contributed by atoms with van der Waals surface area (Å²) in [6.07, 6.45) is 2.81. The Balaban J connectivity index is 2.89. The summed E-state index contributed by atoms with van der Waals surface area (Å²) in [4.78, 5) is 11.0. The number of halogens is 1. The van der Waals surface area contributed by atoms with Crippen molar-refractivity contribution in [1.29, 1.82) is 0 Å². The highest BCUT2D eigenvalue weighted by molar-refractivity contribution is 6.46. The van der Waals surface area contributed by atoms with E-state index in [0.717, 1.165) is 5.56 Å². The zero-order valence-electron chi connectivity index (χ0n) is 7.03. The molecule has 0 saturated heterocycles. The van der Waals surface area contributed by atoms with Crippen LogP contribution in [0.25, 0.3) is 6.08 Å². The Hall–Kier alpha value is -1.34. The van der Waals surface area contributed by atoms with Gasteiger partial charge in [0.15, 0.2) is 5.78 Å². The maximum absolute atomic E-state index is 11.0. The molecule has 0 amide bonds. The van der Waals surface area contributed by atoms with Gasteiger partial charge in [0.05, 0.1) is 5.03 Å². The van der Waals surface area contributed by atoms with Gasteiger partial charge in [-0.15, -0.1) is 0 Å². The Morgan fingerprint density at radius 2 is 1.92 bits per heavy atom. The third-order valence-electron chi connectivity index (χ3n) is 1.51. The number of carbonyl (C=O) groups excluding carboxylic acids is 1. The van der Waals surface area contributed by atoms with Gasteiger partial charge in [-0.2, -0.15) is 0 Å². The predicted molar refractivity (Wildman–Crippen MR) is 55.5 cm³/mol. The lowest BCUT2D eigenvalue weighted by Gasteiger charge is -1.93. The number of hydrogen-bond donors (Lipinski definition) is 0. The molecular formula is C11H9ClO. The van der Waals surface area contributed by atoms with Gasteiger partial charge in [0.2, 0.25) is 0 Å². The number of allylic oxidation sites excluding steroid dienone is 2. The molecule has 13 heavy (non-hydrogen) atoms. The van der Waals surface area contributed by atoms with E-state index in [1.54, 1.807) is 6.08 Å². The molecule has 0 heterocycles. The normalized spacial score (nSPS) is 11.0. The summed E-state index contributed by atoms with van der Waals surface area (Å²) in [5, 5.41) is 0.182. The number of benzene rings is 1. The Kier molecular flexibility index (Phi) is 3.47. The molecule has 0 N–H and O–H groups in total. The highest BCUT2D eigenvalue weighted by Crippen LogP contribution is 2.10. The highest BCUT2D eigenvalue weighted by Gasteiger charge is 2.00. The monoisotopic (exact) mass is 192 g/mol. The molecule has 1 nitrogen and oxygen atoms in total. The zero-order chi connectivity index (χ0) is 9.68. The standard InChI is InChI=1S/C11H9ClO/c1-2-11(13)10(12)8-9-6-4-3-5-7-9/h2-8H,1H2. The molecule has 0 aromatic heterocycles. The second kappa shape index (κ2) is 4.63. The third-order valence-corrected chi connectivity index (χ3v) is 1.81. The van der Waals surface area contributed by atoms with Gasteiger partial charge < -0.3 is 0 Å². The molecule has 0 radical (unpaired) electrons. The molecule has 66 valence electrons. The van der Waals surface area contributed by atoms with Gasteiger partial charge in [-0.05, 0) is 17.7 Å². The molecule has 0 unspecified atom stereocenters. The molecular weight excluding hydrogens is 184 g/mol. The molecule has 1 rings (SSSR count). The molecule has 2 heteroatoms. The molecule has 0 spiro atoms. The molecule has 0 bridgehead atoms. The first-order valence-corrected chi connectivity index (χ1v) is 4.21. The fourth-order valence-electron chi connectivity index (χ4n) is 0.864. The minimum atomic E-state index is -0.259. The first kappa shape index (κ1) is 9.75. The fourth-order valence-corrected chi connectivity index (χ4v) is 1.07. The van der Waals surface area contributed by atoms with Gasteiger partial charge in [0.25, 0.3) is 0 Å². The average Bonchev–Trinajstić information content (AvgIpc) is 2.18. The fraction of sp³-hybridized carbons (Fsp3) is 0. The number of carbonyl (C=O) groups is 1. The second-order valence-corrected chi connectivity index (χ2v) is 2.88. The van der Waals surface area contributed by atoms with Crippen LogP contribution in [0.15, 0.2) is 48.0 Å². The summed E-state index contributed by atoms with van der Waals surface area (Å²) in [5.41, 5.74) is 0.905. The van der Waals surface area contributed by atoms with Gasteiger partial charge in [-0.3, -0.25) is 4.79 Å². The maximum Gasteiger partial charge on any atom is 0.196 e. The Morgan fingerprint density at radius 3 is 2.46 bits per heavy atom. The summed E-state index contributed by atoms with van der Waals surface area (Å²) in [6.45, 7) is 3.35. The van der Waals surface area contributed by atoms with E-state index >= 15 is 0 Å². The van der Waals surface area contributed by atoms with Gasteiger partial charge >= 0.3 is 0 Å². The summed E-state index contributed by atoms with van der Waals surface area (Å²) in [6, 6.07) is 9.42. The van der Waals surface area contributed by atoms with Crippen molar-refractivity contribution in [3.8, 4) is 0 Å². The molecule has 1 aromatic rings. The van der Waals surface area contributed by atoms with Crippen LogP contribution in [0.2, 0.25) is 0 Å². The number of hydrogen-bond acceptors (Lipinski definition) is 1. The molecule has 0 aliphatic heterocycles. The van der Waals surface area contributed by atoms with Crippen molar-refractivity contribution in [1.82, 2.24) is 0 Å². The topological polar surface area (TPSA) is 17.1 Å². The minimum absolute atomic E-state index is 0.182. The van der Waals surface area contributed by atoms with Crippen molar-refractivity contribution in [3.63, 3.8) is 0 Å². The van der Waals surface area contributed by atoms with Crippen LogP contribution in [0.4, 0.5) is 0 Å². The van der Waals surface area contributed by atoms with Crippen LogP contribution in [0.3, 0.4) is 0 Å². The van der Waals surface area contributed by atoms with Crippen molar-refractivity contribution in [3.05, 3.63) is 53.6 Å². The Bertz CT molecular complexity index is 338. The largest absolute Gasteiger partial charge is 0.288 e. The van der Waals surface area contributed by atoms with Crippen LogP contribution in [0.5, 0.6) is 0 Å². The first-order valence-electron chi connectivity index (χ1n) is 3.83. The van der Waals surface area contributed by atoms with Crippen LogP contribution < -0.4 is 0 Å². The zero-order valence-corrected chi connectivity index (χ0v) is 7.79. The Labute approximate surface area is 82.3 Å². The van der Waals surface area contributed by atoms with E-state index in [0.29, 0.717) is 0 Å². The second-order valence-electron chi connectivity index (χ2n) is 2.47. The summed E-state index contributed by atoms with van der Waals surface area (Å²) >= 11 is 5.71. The summed E-state index contributed by atoms with van der Waals surface area (Å²) in [5.74, 6) is -0.259. The lowest BCUT2D eigenvalue weighted by Crippen LogP contribution is -1.90. The van der Waals surface area contributed by atoms with Crippen LogP contribution in [0, 0.1) is 0 Å². The summed E-state index contributed by atoms with van der Waals surface area (Å²) in [7, 11) is 0.